The highest BCUT2D eigenvalue weighted by Crippen LogP contribution is 2.38. The van der Waals surface area contributed by atoms with Gasteiger partial charge in [-0.2, -0.15) is 0 Å². The van der Waals surface area contributed by atoms with E-state index in [4.69, 9.17) is 9.05 Å². The molecule has 3 atom stereocenters. The Bertz CT molecular complexity index is 1020. The van der Waals surface area contributed by atoms with E-state index in [1.807, 2.05) is 27.2 Å². The van der Waals surface area contributed by atoms with Gasteiger partial charge >= 0.3 is 0 Å². The van der Waals surface area contributed by atoms with Crippen LogP contribution < -0.4 is 10.2 Å². The standard InChI is InChI=1S/C45H85N2O6P/c1-6-8-10-12-13-14-15-16-17-18-19-20-21-22-23-24-25-26-27-28-29-30-31-32-33-35-37-39-45(49)46-43(44(48)38-36-34-11-9-7-2)42-53-54(50,51)52-41-40-47(3,4)5/h15-16,18-19,21-22,36,38,43-44,48H,6-14,17,20,23-35,37,39-42H2,1-5H3,(H-,46,49,50,51)/b16-15-,19-18-,22-21-,38-36+. The molecule has 0 aromatic rings. The van der Waals surface area contributed by atoms with Crippen molar-refractivity contribution in [1.82, 2.24) is 5.32 Å². The first-order valence-electron chi connectivity index (χ1n) is 22.0. The smallest absolute Gasteiger partial charge is 0.268 e. The number of nitrogens with one attached hydrogen (secondary N) is 1. The van der Waals surface area contributed by atoms with E-state index in [1.54, 1.807) is 6.08 Å². The van der Waals surface area contributed by atoms with E-state index in [0.717, 1.165) is 57.8 Å². The van der Waals surface area contributed by atoms with E-state index in [9.17, 15) is 19.4 Å². The highest BCUT2D eigenvalue weighted by Gasteiger charge is 2.23. The first-order chi connectivity index (χ1) is 26.0. The first kappa shape index (κ1) is 52.5. The number of quaternary nitrogens is 1. The normalized spacial score (nSPS) is 14.9. The number of rotatable bonds is 39. The third-order valence-electron chi connectivity index (χ3n) is 9.53. The summed E-state index contributed by atoms with van der Waals surface area (Å²) >= 11 is 0. The quantitative estimate of drug-likeness (QED) is 0.0278. The maximum atomic E-state index is 12.7. The van der Waals surface area contributed by atoms with Crippen molar-refractivity contribution in [3.05, 3.63) is 48.6 Å². The zero-order valence-electron chi connectivity index (χ0n) is 35.7. The first-order valence-corrected chi connectivity index (χ1v) is 23.5. The highest BCUT2D eigenvalue weighted by molar-refractivity contribution is 7.45. The molecule has 0 aliphatic rings. The van der Waals surface area contributed by atoms with Crippen molar-refractivity contribution < 1.29 is 32.9 Å². The number of likely N-dealkylation sites (N-methyl/N-ethyl adjacent to an activating group) is 1. The van der Waals surface area contributed by atoms with E-state index in [-0.39, 0.29) is 19.1 Å². The summed E-state index contributed by atoms with van der Waals surface area (Å²) in [5.74, 6) is -0.209. The third-order valence-corrected chi connectivity index (χ3v) is 10.5. The van der Waals surface area contributed by atoms with Crippen LogP contribution in [0.25, 0.3) is 0 Å². The summed E-state index contributed by atoms with van der Waals surface area (Å²) in [7, 11) is 1.25. The van der Waals surface area contributed by atoms with Crippen LogP contribution in [0.1, 0.15) is 181 Å². The van der Waals surface area contributed by atoms with Crippen LogP contribution in [0.4, 0.5) is 0 Å². The monoisotopic (exact) mass is 781 g/mol. The van der Waals surface area contributed by atoms with E-state index in [1.165, 1.54) is 103 Å². The predicted octanol–water partition coefficient (Wildman–Crippen LogP) is 11.4. The van der Waals surface area contributed by atoms with Gasteiger partial charge in [-0.25, -0.2) is 0 Å². The molecule has 2 N–H and O–H groups in total. The maximum absolute atomic E-state index is 12.7. The van der Waals surface area contributed by atoms with Crippen LogP contribution in [0.2, 0.25) is 0 Å². The Morgan fingerprint density at radius 2 is 1.07 bits per heavy atom. The van der Waals surface area contributed by atoms with Crippen LogP contribution in [0, 0.1) is 0 Å². The summed E-state index contributed by atoms with van der Waals surface area (Å²) in [5.41, 5.74) is 0. The van der Waals surface area contributed by atoms with Crippen LogP contribution in [0.3, 0.4) is 0 Å². The Balaban J connectivity index is 4.00. The molecule has 54 heavy (non-hydrogen) atoms. The number of hydrogen-bond donors (Lipinski definition) is 2. The number of phosphoric ester groups is 1. The molecule has 0 bridgehead atoms. The lowest BCUT2D eigenvalue weighted by Crippen LogP contribution is -2.45. The lowest BCUT2D eigenvalue weighted by atomic mass is 10.0. The van der Waals surface area contributed by atoms with Crippen molar-refractivity contribution in [3.8, 4) is 0 Å². The van der Waals surface area contributed by atoms with Crippen LogP contribution in [-0.2, 0) is 18.4 Å². The lowest BCUT2D eigenvalue weighted by molar-refractivity contribution is -0.870. The Kier molecular flexibility index (Phi) is 36.0. The van der Waals surface area contributed by atoms with Gasteiger partial charge in [0.15, 0.2) is 0 Å². The molecule has 0 aliphatic carbocycles. The van der Waals surface area contributed by atoms with Gasteiger partial charge < -0.3 is 28.8 Å². The topological polar surface area (TPSA) is 108 Å². The molecule has 0 saturated heterocycles. The van der Waals surface area contributed by atoms with Crippen LogP contribution in [0.5, 0.6) is 0 Å². The lowest BCUT2D eigenvalue weighted by Gasteiger charge is -2.29. The SMILES string of the molecule is CCCCC/C=C/C(O)C(COP(=O)([O-])OCC[N+](C)(C)C)NC(=O)CCCCCCCCCCCCCC/C=C\C/C=C\C/C=C\CCCCCCC. The van der Waals surface area contributed by atoms with Crippen molar-refractivity contribution in [1.29, 1.82) is 0 Å². The summed E-state index contributed by atoms with van der Waals surface area (Å²) in [6.45, 7) is 4.50. The van der Waals surface area contributed by atoms with Crippen molar-refractivity contribution in [3.63, 3.8) is 0 Å². The predicted molar refractivity (Wildman–Crippen MR) is 228 cm³/mol. The van der Waals surface area contributed by atoms with Gasteiger partial charge in [0, 0.05) is 6.42 Å². The Morgan fingerprint density at radius 3 is 1.59 bits per heavy atom. The van der Waals surface area contributed by atoms with Gasteiger partial charge in [0.1, 0.15) is 13.2 Å². The molecule has 3 unspecified atom stereocenters. The van der Waals surface area contributed by atoms with Crippen molar-refractivity contribution >= 4 is 13.7 Å². The molecular weight excluding hydrogens is 695 g/mol. The largest absolute Gasteiger partial charge is 0.756 e. The highest BCUT2D eigenvalue weighted by atomic mass is 31.2. The second-order valence-electron chi connectivity index (χ2n) is 16.0. The number of carbonyl (C=O) groups is 1. The Labute approximate surface area is 333 Å². The Hall–Kier alpha value is -1.54. The van der Waals surface area contributed by atoms with E-state index >= 15 is 0 Å². The Morgan fingerprint density at radius 1 is 0.648 bits per heavy atom. The fraction of sp³-hybridized carbons (Fsp3) is 0.800. The molecular formula is C45H85N2O6P. The molecule has 0 fully saturated rings. The molecule has 1 amide bonds. The number of amides is 1. The molecule has 0 aromatic carbocycles. The number of phosphoric acid groups is 1. The fourth-order valence-corrected chi connectivity index (χ4v) is 6.70. The number of hydrogen-bond acceptors (Lipinski definition) is 6. The van der Waals surface area contributed by atoms with Crippen LogP contribution >= 0.6 is 7.82 Å². The fourth-order valence-electron chi connectivity index (χ4n) is 5.98. The number of aliphatic hydroxyl groups is 1. The van der Waals surface area contributed by atoms with Gasteiger partial charge in [0.25, 0.3) is 7.82 Å². The molecule has 0 aromatic heterocycles. The summed E-state index contributed by atoms with van der Waals surface area (Å²) in [5, 5.41) is 13.5. The van der Waals surface area contributed by atoms with Gasteiger partial charge in [-0.1, -0.05) is 165 Å². The van der Waals surface area contributed by atoms with Crippen LogP contribution in [0.15, 0.2) is 48.6 Å². The molecule has 0 aliphatic heterocycles. The average molecular weight is 781 g/mol. The summed E-state index contributed by atoms with van der Waals surface area (Å²) in [6, 6.07) is -0.884. The van der Waals surface area contributed by atoms with Gasteiger partial charge in [-0.3, -0.25) is 9.36 Å². The summed E-state index contributed by atoms with van der Waals surface area (Å²) in [4.78, 5) is 25.1. The zero-order valence-corrected chi connectivity index (χ0v) is 36.6. The summed E-state index contributed by atoms with van der Waals surface area (Å²) in [6.07, 6.45) is 46.4. The summed E-state index contributed by atoms with van der Waals surface area (Å²) < 4.78 is 23.0. The van der Waals surface area contributed by atoms with Gasteiger partial charge in [0.2, 0.25) is 5.91 Å². The van der Waals surface area contributed by atoms with Gasteiger partial charge in [0.05, 0.1) is 39.9 Å². The second-order valence-corrected chi connectivity index (χ2v) is 17.5. The molecule has 0 radical (unpaired) electrons. The number of nitrogens with zero attached hydrogens (tertiary/aromatic N) is 1. The maximum Gasteiger partial charge on any atom is 0.268 e. The minimum Gasteiger partial charge on any atom is -0.756 e. The second kappa shape index (κ2) is 37.1. The molecule has 316 valence electrons. The van der Waals surface area contributed by atoms with E-state index in [2.05, 4.69) is 55.6 Å². The molecule has 0 heterocycles. The van der Waals surface area contributed by atoms with Crippen molar-refractivity contribution in [2.24, 2.45) is 0 Å². The average Bonchev–Trinajstić information content (AvgIpc) is 3.12. The number of unbranched alkanes of at least 4 members (excludes halogenated alkanes) is 20. The zero-order chi connectivity index (χ0) is 40.0. The van der Waals surface area contributed by atoms with Crippen LogP contribution in [-0.4, -0.2) is 68.5 Å². The minimum absolute atomic E-state index is 0.00358. The van der Waals surface area contributed by atoms with E-state index < -0.39 is 20.0 Å². The van der Waals surface area contributed by atoms with Crippen molar-refractivity contribution in [2.75, 3.05) is 40.9 Å². The molecule has 9 heteroatoms. The molecule has 0 rings (SSSR count). The van der Waals surface area contributed by atoms with Gasteiger partial charge in [-0.15, -0.1) is 0 Å². The number of aliphatic hydroxyl groups excluding tert-OH is 1. The van der Waals surface area contributed by atoms with Gasteiger partial charge in [-0.05, 0) is 57.8 Å². The van der Waals surface area contributed by atoms with E-state index in [0.29, 0.717) is 17.4 Å². The third kappa shape index (κ3) is 38.7. The molecule has 0 saturated carbocycles. The number of carbonyl (C=O) groups excluding carboxylic acids is 1. The minimum atomic E-state index is -4.57. The number of allylic oxidation sites excluding steroid dienone is 7. The van der Waals surface area contributed by atoms with Crippen molar-refractivity contribution in [2.45, 2.75) is 193 Å². The molecule has 0 spiro atoms. The molecule has 8 nitrogen and oxygen atoms in total.